The van der Waals surface area contributed by atoms with Crippen molar-refractivity contribution in [3.05, 3.63) is 60.2 Å². The molecule has 41 heavy (non-hydrogen) atoms. The Bertz CT molecular complexity index is 1240. The van der Waals surface area contributed by atoms with E-state index >= 15 is 0 Å². The van der Waals surface area contributed by atoms with Gasteiger partial charge in [0.05, 0.1) is 18.6 Å². The molecule has 0 radical (unpaired) electrons. The van der Waals surface area contributed by atoms with Crippen molar-refractivity contribution in [2.24, 2.45) is 11.8 Å². The van der Waals surface area contributed by atoms with Gasteiger partial charge in [-0.05, 0) is 39.2 Å². The van der Waals surface area contributed by atoms with Crippen LogP contribution in [0.4, 0.5) is 0 Å². The van der Waals surface area contributed by atoms with Crippen molar-refractivity contribution in [2.75, 3.05) is 26.2 Å². The maximum atomic E-state index is 14.4. The van der Waals surface area contributed by atoms with Gasteiger partial charge in [-0.15, -0.1) is 0 Å². The zero-order chi connectivity index (χ0) is 29.4. The fourth-order valence-corrected chi connectivity index (χ4v) is 6.46. The summed E-state index contributed by atoms with van der Waals surface area (Å²) in [4.78, 5) is 58.1. The minimum absolute atomic E-state index is 0.0810. The topological polar surface area (TPSA) is 125 Å². The number of carbonyl (C=O) groups excluding carboxylic acids is 4. The zero-order valence-electron chi connectivity index (χ0n) is 23.8. The average Bonchev–Trinajstić information content (AvgIpc) is 3.58. The molecule has 1 spiro atoms. The summed E-state index contributed by atoms with van der Waals surface area (Å²) in [5.41, 5.74) is -1.20. The SMILES string of the molecule is CC(C)(C)N1C/C=C\CCC(=O)NC[C@H](c2ccccc2)OC(=O)[C@@H]2[C@H]3C(=O)N(CCCO)[C@H](C1=O)[C@]31C=C[C@H]2O1. The predicted molar refractivity (Wildman–Crippen MR) is 149 cm³/mol. The summed E-state index contributed by atoms with van der Waals surface area (Å²) in [5.74, 6) is -3.35. The Hall–Kier alpha value is -3.50. The Kier molecular flexibility index (Phi) is 8.07. The van der Waals surface area contributed by atoms with E-state index in [1.807, 2.05) is 63.3 Å². The lowest BCUT2D eigenvalue weighted by molar-refractivity contribution is -0.160. The van der Waals surface area contributed by atoms with E-state index in [9.17, 15) is 24.3 Å². The van der Waals surface area contributed by atoms with Crippen LogP contribution in [0.1, 0.15) is 51.7 Å². The highest BCUT2D eigenvalue weighted by atomic mass is 16.6. The average molecular weight is 566 g/mol. The summed E-state index contributed by atoms with van der Waals surface area (Å²) >= 11 is 0. The first-order valence-electron chi connectivity index (χ1n) is 14.4. The van der Waals surface area contributed by atoms with Gasteiger partial charge in [-0.25, -0.2) is 0 Å². The van der Waals surface area contributed by atoms with E-state index in [0.29, 0.717) is 12.0 Å². The van der Waals surface area contributed by atoms with Crippen molar-refractivity contribution in [1.82, 2.24) is 15.1 Å². The molecule has 1 aromatic rings. The van der Waals surface area contributed by atoms with E-state index in [1.54, 1.807) is 17.1 Å². The lowest BCUT2D eigenvalue weighted by Gasteiger charge is -2.41. The number of rotatable bonds is 4. The second-order valence-electron chi connectivity index (χ2n) is 12.1. The molecule has 0 saturated carbocycles. The number of aliphatic hydroxyl groups is 1. The van der Waals surface area contributed by atoms with Gasteiger partial charge < -0.3 is 29.7 Å². The first-order valence-corrected chi connectivity index (χ1v) is 14.4. The Morgan fingerprint density at radius 1 is 1.07 bits per heavy atom. The van der Waals surface area contributed by atoms with Crippen molar-refractivity contribution in [1.29, 1.82) is 0 Å². The number of hydrogen-bond acceptors (Lipinski definition) is 7. The number of likely N-dealkylation sites (tertiary alicyclic amines) is 1. The molecule has 10 nitrogen and oxygen atoms in total. The number of amides is 3. The van der Waals surface area contributed by atoms with Crippen LogP contribution in [0.5, 0.6) is 0 Å². The van der Waals surface area contributed by atoms with Crippen molar-refractivity contribution >= 4 is 23.7 Å². The Morgan fingerprint density at radius 2 is 1.83 bits per heavy atom. The number of ether oxygens (including phenoxy) is 2. The van der Waals surface area contributed by atoms with Gasteiger partial charge in [-0.2, -0.15) is 0 Å². The maximum Gasteiger partial charge on any atom is 0.313 e. The molecule has 3 amide bonds. The molecule has 1 aromatic carbocycles. The second-order valence-corrected chi connectivity index (χ2v) is 12.1. The fraction of sp³-hybridized carbons (Fsp3) is 0.548. The summed E-state index contributed by atoms with van der Waals surface area (Å²) in [7, 11) is 0. The number of nitrogens with zero attached hydrogens (tertiary/aromatic N) is 2. The van der Waals surface area contributed by atoms with Crippen LogP contribution in [0, 0.1) is 11.8 Å². The summed E-state index contributed by atoms with van der Waals surface area (Å²) in [6, 6.07) is 8.15. The standard InChI is InChI=1S/C31H39N3O7/c1-30(2,3)34-17-9-5-8-13-23(36)32-19-22(20-11-6-4-7-12-20)40-29(39)24-21-14-15-31(41-21)25(24)27(37)33(16-10-18-35)26(31)28(34)38/h4-7,9,11-12,14-15,21-22,24-26,35H,8,10,13,16-19H2,1-3H3,(H,32,36)/b9-5-/t21-,22-,24+,25+,26-,31+/m1/s1. The molecule has 10 heteroatoms. The van der Waals surface area contributed by atoms with Crippen molar-refractivity contribution < 1.29 is 33.8 Å². The Labute approximate surface area is 240 Å². The number of fused-ring (bicyclic) bond motifs is 2. The van der Waals surface area contributed by atoms with E-state index in [2.05, 4.69) is 5.32 Å². The number of aliphatic hydroxyl groups excluding tert-OH is 1. The van der Waals surface area contributed by atoms with E-state index < -0.39 is 47.2 Å². The van der Waals surface area contributed by atoms with Gasteiger partial charge in [-0.1, -0.05) is 54.6 Å². The van der Waals surface area contributed by atoms with Gasteiger partial charge in [0.1, 0.15) is 23.7 Å². The Balaban J connectivity index is 1.57. The molecule has 2 fully saturated rings. The predicted octanol–water partition coefficient (Wildman–Crippen LogP) is 1.90. The minimum Gasteiger partial charge on any atom is -0.455 e. The highest BCUT2D eigenvalue weighted by Crippen LogP contribution is 2.56. The molecule has 2 saturated heterocycles. The van der Waals surface area contributed by atoms with Gasteiger partial charge in [0.2, 0.25) is 17.7 Å². The molecule has 5 rings (SSSR count). The van der Waals surface area contributed by atoms with Crippen LogP contribution in [-0.2, 0) is 28.7 Å². The Morgan fingerprint density at radius 3 is 2.54 bits per heavy atom. The van der Waals surface area contributed by atoms with Crippen LogP contribution in [0.15, 0.2) is 54.6 Å². The molecule has 5 bridgehead atoms. The van der Waals surface area contributed by atoms with Crippen LogP contribution in [0.3, 0.4) is 0 Å². The van der Waals surface area contributed by atoms with Crippen LogP contribution in [0.2, 0.25) is 0 Å². The third-order valence-corrected chi connectivity index (χ3v) is 8.42. The zero-order valence-corrected chi connectivity index (χ0v) is 23.8. The monoisotopic (exact) mass is 565 g/mol. The van der Waals surface area contributed by atoms with E-state index in [1.165, 1.54) is 4.90 Å². The molecule has 6 atom stereocenters. The molecular formula is C31H39N3O7. The van der Waals surface area contributed by atoms with Crippen LogP contribution in [0.25, 0.3) is 0 Å². The molecule has 0 aromatic heterocycles. The normalized spacial score (nSPS) is 33.1. The fourth-order valence-electron chi connectivity index (χ4n) is 6.46. The number of carbonyl (C=O) groups is 4. The third-order valence-electron chi connectivity index (χ3n) is 8.42. The molecule has 2 N–H and O–H groups in total. The molecule has 220 valence electrons. The smallest absolute Gasteiger partial charge is 0.313 e. The van der Waals surface area contributed by atoms with Gasteiger partial charge in [0, 0.05) is 31.7 Å². The maximum absolute atomic E-state index is 14.4. The number of benzene rings is 1. The number of esters is 1. The van der Waals surface area contributed by atoms with Crippen molar-refractivity contribution in [3.63, 3.8) is 0 Å². The lowest BCUT2D eigenvalue weighted by atomic mass is 9.74. The van der Waals surface area contributed by atoms with E-state index in [4.69, 9.17) is 9.47 Å². The van der Waals surface area contributed by atoms with Crippen molar-refractivity contribution in [3.8, 4) is 0 Å². The minimum atomic E-state index is -1.32. The van der Waals surface area contributed by atoms with Gasteiger partial charge in [0.25, 0.3) is 0 Å². The summed E-state index contributed by atoms with van der Waals surface area (Å²) in [6.07, 6.45) is 6.76. The highest BCUT2D eigenvalue weighted by Gasteiger charge is 2.73. The summed E-state index contributed by atoms with van der Waals surface area (Å²) < 4.78 is 12.4. The largest absolute Gasteiger partial charge is 0.455 e. The van der Waals surface area contributed by atoms with Crippen molar-refractivity contribution in [2.45, 2.75) is 69.4 Å². The summed E-state index contributed by atoms with van der Waals surface area (Å²) in [6.45, 7) is 6.13. The molecule has 0 aliphatic carbocycles. The van der Waals surface area contributed by atoms with E-state index in [0.717, 1.165) is 0 Å². The third kappa shape index (κ3) is 5.30. The number of cyclic esters (lactones) is 1. The molecule has 4 aliphatic rings. The molecule has 0 unspecified atom stereocenters. The number of allylic oxidation sites excluding steroid dienone is 1. The second kappa shape index (κ2) is 11.4. The quantitative estimate of drug-likeness (QED) is 0.422. The van der Waals surface area contributed by atoms with Crippen LogP contribution >= 0.6 is 0 Å². The molecular weight excluding hydrogens is 526 g/mol. The number of nitrogens with one attached hydrogen (secondary N) is 1. The van der Waals surface area contributed by atoms with Gasteiger partial charge >= 0.3 is 5.97 Å². The van der Waals surface area contributed by atoms with Crippen LogP contribution < -0.4 is 5.32 Å². The van der Waals surface area contributed by atoms with Gasteiger partial charge in [-0.3, -0.25) is 19.2 Å². The van der Waals surface area contributed by atoms with E-state index in [-0.39, 0.29) is 56.8 Å². The first kappa shape index (κ1) is 29.0. The highest BCUT2D eigenvalue weighted by molar-refractivity contribution is 5.99. The number of hydrogen-bond donors (Lipinski definition) is 2. The molecule has 4 aliphatic heterocycles. The van der Waals surface area contributed by atoms with Gasteiger partial charge in [0.15, 0.2) is 0 Å². The summed E-state index contributed by atoms with van der Waals surface area (Å²) in [5, 5.41) is 12.5. The lowest BCUT2D eigenvalue weighted by Crippen LogP contribution is -2.59. The first-order chi connectivity index (χ1) is 19.6. The van der Waals surface area contributed by atoms with Crippen LogP contribution in [-0.4, -0.2) is 88.1 Å². The molecule has 4 heterocycles.